The second kappa shape index (κ2) is 7.29. The number of ether oxygens (including phenoxy) is 2. The lowest BCUT2D eigenvalue weighted by molar-refractivity contribution is -0.127. The molecular weight excluding hydrogens is 336 g/mol. The van der Waals surface area contributed by atoms with E-state index in [9.17, 15) is 4.79 Å². The lowest BCUT2D eigenvalue weighted by Gasteiger charge is -2.34. The van der Waals surface area contributed by atoms with Crippen molar-refractivity contribution in [3.05, 3.63) is 52.2 Å². The van der Waals surface area contributed by atoms with Gasteiger partial charge in [-0.1, -0.05) is 12.1 Å². The fourth-order valence-corrected chi connectivity index (χ4v) is 3.69. The summed E-state index contributed by atoms with van der Waals surface area (Å²) in [6.45, 7) is 4.46. The van der Waals surface area contributed by atoms with E-state index in [1.165, 1.54) is 5.56 Å². The Morgan fingerprint density at radius 2 is 1.96 bits per heavy atom. The van der Waals surface area contributed by atoms with Gasteiger partial charge in [-0.15, -0.1) is 11.3 Å². The number of fused-ring (bicyclic) bond motifs is 1. The number of amides is 1. The number of hydrogen-bond acceptors (Lipinski definition) is 5. The van der Waals surface area contributed by atoms with Gasteiger partial charge in [-0.3, -0.25) is 9.69 Å². The second-order valence-corrected chi connectivity index (χ2v) is 7.12. The van der Waals surface area contributed by atoms with Gasteiger partial charge >= 0.3 is 0 Å². The molecule has 0 aliphatic carbocycles. The molecule has 0 spiro atoms. The lowest BCUT2D eigenvalue weighted by Crippen LogP contribution is -2.47. The average molecular weight is 356 g/mol. The molecule has 1 aromatic carbocycles. The van der Waals surface area contributed by atoms with E-state index in [2.05, 4.69) is 11.0 Å². The molecule has 0 atom stereocenters. The maximum Gasteiger partial charge on any atom is 0.246 e. The Balaban J connectivity index is 1.29. The Morgan fingerprint density at radius 1 is 1.12 bits per heavy atom. The number of nitrogens with zero attached hydrogens (tertiary/aromatic N) is 2. The minimum atomic E-state index is 0.0936. The minimum absolute atomic E-state index is 0.0936. The van der Waals surface area contributed by atoms with Crippen LogP contribution in [0.4, 0.5) is 0 Å². The van der Waals surface area contributed by atoms with Crippen LogP contribution in [-0.4, -0.2) is 48.7 Å². The third-order valence-electron chi connectivity index (χ3n) is 4.46. The van der Waals surface area contributed by atoms with Gasteiger partial charge in [0.2, 0.25) is 12.7 Å². The molecule has 2 aliphatic heterocycles. The molecule has 2 aromatic rings. The molecule has 1 amide bonds. The Labute approximate surface area is 151 Å². The number of thiophene rings is 1. The van der Waals surface area contributed by atoms with Gasteiger partial charge in [0.05, 0.1) is 0 Å². The molecule has 130 valence electrons. The highest BCUT2D eigenvalue weighted by Gasteiger charge is 2.20. The van der Waals surface area contributed by atoms with Crippen LogP contribution in [-0.2, 0) is 11.3 Å². The topological polar surface area (TPSA) is 42.0 Å². The smallest absolute Gasteiger partial charge is 0.246 e. The van der Waals surface area contributed by atoms with E-state index in [0.717, 1.165) is 49.1 Å². The fraction of sp³-hybridized carbons (Fsp3) is 0.316. The largest absolute Gasteiger partial charge is 0.454 e. The van der Waals surface area contributed by atoms with Crippen molar-refractivity contribution in [3.8, 4) is 11.5 Å². The van der Waals surface area contributed by atoms with Crippen LogP contribution in [0.5, 0.6) is 11.5 Å². The highest BCUT2D eigenvalue weighted by Crippen LogP contribution is 2.32. The minimum Gasteiger partial charge on any atom is -0.454 e. The van der Waals surface area contributed by atoms with Crippen LogP contribution >= 0.6 is 11.3 Å². The molecule has 3 heterocycles. The van der Waals surface area contributed by atoms with Crippen LogP contribution in [0.2, 0.25) is 0 Å². The molecule has 1 fully saturated rings. The molecule has 0 bridgehead atoms. The quantitative estimate of drug-likeness (QED) is 0.790. The summed E-state index contributed by atoms with van der Waals surface area (Å²) in [6.07, 6.45) is 3.57. The Hall–Kier alpha value is -2.31. The van der Waals surface area contributed by atoms with Crippen molar-refractivity contribution in [3.63, 3.8) is 0 Å². The fourth-order valence-electron chi connectivity index (χ4n) is 3.07. The lowest BCUT2D eigenvalue weighted by atomic mass is 10.1. The summed E-state index contributed by atoms with van der Waals surface area (Å²) in [7, 11) is 0. The van der Waals surface area contributed by atoms with Crippen LogP contribution in [0, 0.1) is 0 Å². The average Bonchev–Trinajstić information content (AvgIpc) is 3.31. The number of carbonyl (C=O) groups excluding carboxylic acids is 1. The van der Waals surface area contributed by atoms with Crippen molar-refractivity contribution in [2.45, 2.75) is 6.54 Å². The second-order valence-electron chi connectivity index (χ2n) is 6.14. The zero-order chi connectivity index (χ0) is 17.1. The van der Waals surface area contributed by atoms with Gasteiger partial charge in [0.1, 0.15) is 0 Å². The molecule has 0 saturated carbocycles. The summed E-state index contributed by atoms with van der Waals surface area (Å²) in [5, 5.41) is 2.01. The first-order chi connectivity index (χ1) is 12.3. The molecular formula is C19H20N2O3S. The summed E-state index contributed by atoms with van der Waals surface area (Å²) in [5.41, 5.74) is 1.21. The third kappa shape index (κ3) is 3.86. The van der Waals surface area contributed by atoms with E-state index in [4.69, 9.17) is 9.47 Å². The highest BCUT2D eigenvalue weighted by molar-refractivity contribution is 7.10. The summed E-state index contributed by atoms with van der Waals surface area (Å²) < 4.78 is 10.8. The van der Waals surface area contributed by atoms with E-state index < -0.39 is 0 Å². The Bertz CT molecular complexity index is 765. The van der Waals surface area contributed by atoms with Crippen LogP contribution in [0.25, 0.3) is 6.08 Å². The molecule has 0 unspecified atom stereocenters. The van der Waals surface area contributed by atoms with E-state index in [-0.39, 0.29) is 5.91 Å². The van der Waals surface area contributed by atoms with Crippen molar-refractivity contribution < 1.29 is 14.3 Å². The van der Waals surface area contributed by atoms with Crippen LogP contribution in [0.15, 0.2) is 41.8 Å². The molecule has 25 heavy (non-hydrogen) atoms. The zero-order valence-corrected chi connectivity index (χ0v) is 14.7. The molecule has 1 aromatic heterocycles. The van der Waals surface area contributed by atoms with Crippen molar-refractivity contribution in [2.24, 2.45) is 0 Å². The predicted octanol–water partition coefficient (Wildman–Crippen LogP) is 2.83. The van der Waals surface area contributed by atoms with Crippen LogP contribution in [0.3, 0.4) is 0 Å². The van der Waals surface area contributed by atoms with E-state index in [0.29, 0.717) is 6.79 Å². The van der Waals surface area contributed by atoms with E-state index in [1.807, 2.05) is 40.6 Å². The van der Waals surface area contributed by atoms with Crippen LogP contribution < -0.4 is 9.47 Å². The monoisotopic (exact) mass is 356 g/mol. The Morgan fingerprint density at radius 3 is 2.76 bits per heavy atom. The van der Waals surface area contributed by atoms with E-state index in [1.54, 1.807) is 17.4 Å². The number of benzene rings is 1. The molecule has 0 radical (unpaired) electrons. The van der Waals surface area contributed by atoms with Crippen molar-refractivity contribution in [1.82, 2.24) is 9.80 Å². The van der Waals surface area contributed by atoms with Crippen molar-refractivity contribution >= 4 is 23.3 Å². The van der Waals surface area contributed by atoms with Gasteiger partial charge in [0.25, 0.3) is 0 Å². The first-order valence-electron chi connectivity index (χ1n) is 8.39. The molecule has 5 nitrogen and oxygen atoms in total. The molecule has 2 aliphatic rings. The van der Waals surface area contributed by atoms with Gasteiger partial charge < -0.3 is 14.4 Å². The standard InChI is InChI=1S/C19H20N2O3S/c22-19(6-4-16-2-1-11-25-16)21-9-7-20(8-10-21)13-15-3-5-17-18(12-15)24-14-23-17/h1-6,11-12H,7-10,13-14H2/b6-4+. The maximum atomic E-state index is 12.3. The van der Waals surface area contributed by atoms with Crippen LogP contribution in [0.1, 0.15) is 10.4 Å². The third-order valence-corrected chi connectivity index (χ3v) is 5.30. The number of carbonyl (C=O) groups is 1. The number of piperazine rings is 1. The molecule has 0 N–H and O–H groups in total. The number of rotatable bonds is 4. The van der Waals surface area contributed by atoms with E-state index >= 15 is 0 Å². The Kier molecular flexibility index (Phi) is 4.72. The summed E-state index contributed by atoms with van der Waals surface area (Å²) in [5.74, 6) is 1.73. The van der Waals surface area contributed by atoms with Gasteiger partial charge in [-0.25, -0.2) is 0 Å². The predicted molar refractivity (Wildman–Crippen MR) is 97.8 cm³/mol. The highest BCUT2D eigenvalue weighted by atomic mass is 32.1. The normalized spacial score (nSPS) is 17.4. The zero-order valence-electron chi connectivity index (χ0n) is 13.9. The number of hydrogen-bond donors (Lipinski definition) is 0. The van der Waals surface area contributed by atoms with Gasteiger partial charge in [-0.05, 0) is 35.2 Å². The molecule has 6 heteroatoms. The molecule has 4 rings (SSSR count). The summed E-state index contributed by atoms with van der Waals surface area (Å²) in [4.78, 5) is 17.7. The van der Waals surface area contributed by atoms with Crippen molar-refractivity contribution in [1.29, 1.82) is 0 Å². The summed E-state index contributed by atoms with van der Waals surface area (Å²) >= 11 is 1.64. The van der Waals surface area contributed by atoms with Gasteiger partial charge in [-0.2, -0.15) is 0 Å². The van der Waals surface area contributed by atoms with Gasteiger partial charge in [0.15, 0.2) is 11.5 Å². The first-order valence-corrected chi connectivity index (χ1v) is 9.27. The van der Waals surface area contributed by atoms with Gasteiger partial charge in [0, 0.05) is 43.7 Å². The SMILES string of the molecule is O=C(/C=C/c1cccs1)N1CCN(Cc2ccc3c(c2)OCO3)CC1. The maximum absolute atomic E-state index is 12.3. The summed E-state index contributed by atoms with van der Waals surface area (Å²) in [6, 6.07) is 10.1. The van der Waals surface area contributed by atoms with Crippen molar-refractivity contribution in [2.75, 3.05) is 33.0 Å². The molecule has 1 saturated heterocycles. The first kappa shape index (κ1) is 16.2.